The van der Waals surface area contributed by atoms with Crippen molar-refractivity contribution in [3.05, 3.63) is 175 Å². The zero-order valence-corrected chi connectivity index (χ0v) is 26.4. The van der Waals surface area contributed by atoms with Crippen molar-refractivity contribution in [2.45, 2.75) is 0 Å². The number of hydrogen-bond acceptors (Lipinski definition) is 2. The maximum atomic E-state index is 10.5. The lowest BCUT2D eigenvalue weighted by Gasteiger charge is -2.19. The third kappa shape index (κ3) is 4.42. The van der Waals surface area contributed by atoms with Gasteiger partial charge in [0.05, 0.1) is 40.0 Å². The number of aromatic nitrogens is 1. The molecule has 1 aromatic heterocycles. The molecule has 1 heterocycles. The predicted molar refractivity (Wildman–Crippen MR) is 202 cm³/mol. The molecule has 0 unspecified atom stereocenters. The number of nitrogens with zero attached hydrogens (tertiary/aromatic N) is 3. The fourth-order valence-electron chi connectivity index (χ4n) is 7.61. The van der Waals surface area contributed by atoms with Crippen LogP contribution in [-0.2, 0) is 0 Å². The van der Waals surface area contributed by atoms with Crippen LogP contribution in [0.4, 0.5) is 0 Å². The first-order chi connectivity index (χ1) is 24.2. The molecular formula is C46H27N3. The molecule has 0 radical (unpaired) electrons. The molecule has 0 saturated heterocycles. The van der Waals surface area contributed by atoms with Crippen molar-refractivity contribution in [1.29, 1.82) is 10.5 Å². The van der Waals surface area contributed by atoms with E-state index in [4.69, 9.17) is 0 Å². The van der Waals surface area contributed by atoms with Gasteiger partial charge in [-0.25, -0.2) is 0 Å². The Morgan fingerprint density at radius 2 is 0.898 bits per heavy atom. The van der Waals surface area contributed by atoms with Crippen LogP contribution in [-0.4, -0.2) is 4.57 Å². The monoisotopic (exact) mass is 621 g/mol. The largest absolute Gasteiger partial charge is 0.309 e. The second-order valence-corrected chi connectivity index (χ2v) is 12.3. The van der Waals surface area contributed by atoms with Gasteiger partial charge in [-0.05, 0) is 91.8 Å². The predicted octanol–water partition coefficient (Wildman–Crippen LogP) is 11.8. The van der Waals surface area contributed by atoms with Crippen LogP contribution in [0.5, 0.6) is 0 Å². The Kier molecular flexibility index (Phi) is 6.58. The lowest BCUT2D eigenvalue weighted by atomic mass is 9.85. The molecule has 9 aromatic rings. The van der Waals surface area contributed by atoms with E-state index < -0.39 is 0 Å². The van der Waals surface area contributed by atoms with Crippen LogP contribution in [0.2, 0.25) is 0 Å². The molecule has 49 heavy (non-hydrogen) atoms. The van der Waals surface area contributed by atoms with E-state index in [0.29, 0.717) is 11.1 Å². The highest BCUT2D eigenvalue weighted by Gasteiger charge is 2.20. The molecule has 3 heteroatoms. The SMILES string of the molecule is N#Cc1ccc2c(c1)c1ccccc1n2-c1cccc(C#N)c1-c1cccc(-c2c3ccccc3c(-c3ccccc3)c3ccccc23)c1. The van der Waals surface area contributed by atoms with E-state index in [2.05, 4.69) is 138 Å². The van der Waals surface area contributed by atoms with Crippen molar-refractivity contribution in [3.8, 4) is 51.2 Å². The van der Waals surface area contributed by atoms with Gasteiger partial charge in [0.15, 0.2) is 0 Å². The number of fused-ring (bicyclic) bond motifs is 5. The Morgan fingerprint density at radius 3 is 1.55 bits per heavy atom. The Hall–Kier alpha value is -6.94. The van der Waals surface area contributed by atoms with Gasteiger partial charge in [0.25, 0.3) is 0 Å². The average molecular weight is 622 g/mol. The van der Waals surface area contributed by atoms with Crippen molar-refractivity contribution < 1.29 is 0 Å². The van der Waals surface area contributed by atoms with E-state index in [9.17, 15) is 10.5 Å². The minimum absolute atomic E-state index is 0.600. The molecule has 0 bridgehead atoms. The average Bonchev–Trinajstić information content (AvgIpc) is 3.50. The Morgan fingerprint density at radius 1 is 0.367 bits per heavy atom. The molecule has 0 amide bonds. The summed E-state index contributed by atoms with van der Waals surface area (Å²) in [5.41, 5.74) is 10.7. The highest BCUT2D eigenvalue weighted by molar-refractivity contribution is 6.21. The van der Waals surface area contributed by atoms with Crippen LogP contribution >= 0.6 is 0 Å². The fraction of sp³-hybridized carbons (Fsp3) is 0. The maximum Gasteiger partial charge on any atom is 0.0998 e. The third-order valence-corrected chi connectivity index (χ3v) is 9.64. The van der Waals surface area contributed by atoms with Crippen LogP contribution in [0.3, 0.4) is 0 Å². The fourth-order valence-corrected chi connectivity index (χ4v) is 7.61. The Labute approximate surface area is 283 Å². The summed E-state index contributed by atoms with van der Waals surface area (Å²) in [6, 6.07) is 61.4. The van der Waals surface area contributed by atoms with E-state index in [-0.39, 0.29) is 0 Å². The van der Waals surface area contributed by atoms with E-state index in [1.165, 1.54) is 38.2 Å². The van der Waals surface area contributed by atoms with Crippen molar-refractivity contribution in [2.24, 2.45) is 0 Å². The first-order valence-electron chi connectivity index (χ1n) is 16.3. The second kappa shape index (κ2) is 11.4. The number of rotatable bonds is 4. The second-order valence-electron chi connectivity index (χ2n) is 12.3. The minimum Gasteiger partial charge on any atom is -0.309 e. The molecule has 0 fully saturated rings. The van der Waals surface area contributed by atoms with Crippen molar-refractivity contribution in [3.63, 3.8) is 0 Å². The van der Waals surface area contributed by atoms with Crippen molar-refractivity contribution in [1.82, 2.24) is 4.57 Å². The van der Waals surface area contributed by atoms with E-state index in [1.807, 2.05) is 42.5 Å². The number of hydrogen-bond donors (Lipinski definition) is 0. The number of benzene rings is 8. The molecule has 0 aliphatic carbocycles. The summed E-state index contributed by atoms with van der Waals surface area (Å²) >= 11 is 0. The summed E-state index contributed by atoms with van der Waals surface area (Å²) in [5, 5.41) is 27.0. The summed E-state index contributed by atoms with van der Waals surface area (Å²) in [6.07, 6.45) is 0. The molecule has 0 aliphatic heterocycles. The molecule has 0 aliphatic rings. The standard InChI is InChI=1S/C46H27N3/c47-28-30-24-25-42-40(26-30)35-17-8-9-22-41(35)49(42)43-23-11-16-34(29-48)44(43)32-14-10-15-33(27-32)46-38-20-6-4-18-36(38)45(31-12-2-1-3-13-31)37-19-5-7-21-39(37)46/h1-27H. The molecule has 0 spiro atoms. The Bertz CT molecular complexity index is 2790. The van der Waals surface area contributed by atoms with Gasteiger partial charge < -0.3 is 4.57 Å². The third-order valence-electron chi connectivity index (χ3n) is 9.64. The molecule has 0 atom stereocenters. The first-order valence-corrected chi connectivity index (χ1v) is 16.3. The molecule has 9 rings (SSSR count). The summed E-state index contributed by atoms with van der Waals surface area (Å²) in [4.78, 5) is 0. The van der Waals surface area contributed by atoms with Gasteiger partial charge in [-0.2, -0.15) is 10.5 Å². The molecule has 3 nitrogen and oxygen atoms in total. The van der Waals surface area contributed by atoms with E-state index in [0.717, 1.165) is 44.2 Å². The molecule has 8 aromatic carbocycles. The van der Waals surface area contributed by atoms with Crippen LogP contribution in [0.1, 0.15) is 11.1 Å². The van der Waals surface area contributed by atoms with Gasteiger partial charge in [-0.15, -0.1) is 0 Å². The molecule has 0 N–H and O–H groups in total. The van der Waals surface area contributed by atoms with Gasteiger partial charge in [0, 0.05) is 16.3 Å². The summed E-state index contributed by atoms with van der Waals surface area (Å²) in [7, 11) is 0. The maximum absolute atomic E-state index is 10.5. The van der Waals surface area contributed by atoms with Crippen LogP contribution < -0.4 is 0 Å². The zero-order valence-electron chi connectivity index (χ0n) is 26.4. The van der Waals surface area contributed by atoms with Crippen molar-refractivity contribution >= 4 is 43.4 Å². The number of nitriles is 2. The van der Waals surface area contributed by atoms with E-state index in [1.54, 1.807) is 0 Å². The van der Waals surface area contributed by atoms with Gasteiger partial charge in [0.2, 0.25) is 0 Å². The first kappa shape index (κ1) is 28.3. The lowest BCUT2D eigenvalue weighted by molar-refractivity contribution is 1.18. The highest BCUT2D eigenvalue weighted by Crippen LogP contribution is 2.45. The molecular weight excluding hydrogens is 595 g/mol. The van der Waals surface area contributed by atoms with Gasteiger partial charge >= 0.3 is 0 Å². The van der Waals surface area contributed by atoms with Crippen molar-refractivity contribution in [2.75, 3.05) is 0 Å². The normalized spacial score (nSPS) is 11.2. The summed E-state index contributed by atoms with van der Waals surface area (Å²) in [5.74, 6) is 0. The number of para-hydroxylation sites is 1. The minimum atomic E-state index is 0.600. The van der Waals surface area contributed by atoms with Crippen LogP contribution in [0, 0.1) is 22.7 Å². The summed E-state index contributed by atoms with van der Waals surface area (Å²) < 4.78 is 2.23. The van der Waals surface area contributed by atoms with Gasteiger partial charge in [-0.1, -0.05) is 121 Å². The lowest BCUT2D eigenvalue weighted by Crippen LogP contribution is -1.99. The topological polar surface area (TPSA) is 52.5 Å². The van der Waals surface area contributed by atoms with Gasteiger partial charge in [-0.3, -0.25) is 0 Å². The highest BCUT2D eigenvalue weighted by atomic mass is 15.0. The quantitative estimate of drug-likeness (QED) is 0.184. The smallest absolute Gasteiger partial charge is 0.0998 e. The Balaban J connectivity index is 1.33. The van der Waals surface area contributed by atoms with Crippen LogP contribution in [0.25, 0.3) is 82.4 Å². The molecule has 226 valence electrons. The van der Waals surface area contributed by atoms with E-state index >= 15 is 0 Å². The van der Waals surface area contributed by atoms with Crippen LogP contribution in [0.15, 0.2) is 164 Å². The van der Waals surface area contributed by atoms with Gasteiger partial charge in [0.1, 0.15) is 0 Å². The molecule has 0 saturated carbocycles. The zero-order chi connectivity index (χ0) is 32.9. The summed E-state index contributed by atoms with van der Waals surface area (Å²) in [6.45, 7) is 0.